The van der Waals surface area contributed by atoms with Gasteiger partial charge in [0.05, 0.1) is 11.7 Å². The molecular formula is C27H38O6. The van der Waals surface area contributed by atoms with Gasteiger partial charge < -0.3 is 15.3 Å². The van der Waals surface area contributed by atoms with Crippen LogP contribution in [-0.2, 0) is 14.4 Å². The summed E-state index contributed by atoms with van der Waals surface area (Å²) in [6, 6.07) is 0. The maximum absolute atomic E-state index is 12.1. The fraction of sp³-hybridized carbons (Fsp3) is 0.519. The molecule has 1 atom stereocenters. The minimum atomic E-state index is -1.26. The third-order valence-electron chi connectivity index (χ3n) is 5.73. The topological polar surface area (TPSA) is 112 Å². The molecule has 0 bridgehead atoms. The molecule has 0 fully saturated rings. The zero-order valence-electron chi connectivity index (χ0n) is 20.5. The van der Waals surface area contributed by atoms with Gasteiger partial charge in [0.15, 0.2) is 11.6 Å². The van der Waals surface area contributed by atoms with Crippen LogP contribution in [0.5, 0.6) is 0 Å². The highest BCUT2D eigenvalue weighted by Crippen LogP contribution is 2.20. The van der Waals surface area contributed by atoms with Crippen LogP contribution >= 0.6 is 0 Å². The van der Waals surface area contributed by atoms with E-state index in [1.165, 1.54) is 26.0 Å². The SMILES string of the molecule is CC1=CC(=O)C=C(C/C=C(\C)CC/C=C(\C)CC/C=C(/CCC(O)C(C)(C)O)C(=O)O)C1=O. The lowest BCUT2D eigenvalue weighted by molar-refractivity contribution is -0.133. The summed E-state index contributed by atoms with van der Waals surface area (Å²) in [6.07, 6.45) is 11.5. The van der Waals surface area contributed by atoms with Crippen LogP contribution < -0.4 is 0 Å². The lowest BCUT2D eigenvalue weighted by Gasteiger charge is -2.24. The van der Waals surface area contributed by atoms with Gasteiger partial charge in [-0.15, -0.1) is 0 Å². The molecule has 6 nitrogen and oxygen atoms in total. The molecule has 0 spiro atoms. The van der Waals surface area contributed by atoms with Gasteiger partial charge >= 0.3 is 5.97 Å². The minimum Gasteiger partial charge on any atom is -0.478 e. The van der Waals surface area contributed by atoms with Gasteiger partial charge in [0.2, 0.25) is 0 Å². The molecule has 0 saturated carbocycles. The minimum absolute atomic E-state index is 0.0715. The quantitative estimate of drug-likeness (QED) is 0.208. The predicted molar refractivity (Wildman–Crippen MR) is 130 cm³/mol. The van der Waals surface area contributed by atoms with Crippen molar-refractivity contribution in [3.8, 4) is 0 Å². The Bertz CT molecular complexity index is 890. The fourth-order valence-electron chi connectivity index (χ4n) is 3.41. The summed E-state index contributed by atoms with van der Waals surface area (Å²) in [5.74, 6) is -1.21. The molecule has 0 aliphatic heterocycles. The number of carboxylic acid groups (broad SMARTS) is 1. The average Bonchev–Trinajstić information content (AvgIpc) is 2.70. The number of rotatable bonds is 13. The number of aliphatic hydroxyl groups excluding tert-OH is 1. The van der Waals surface area contributed by atoms with E-state index in [2.05, 4.69) is 6.08 Å². The van der Waals surface area contributed by atoms with Crippen LogP contribution in [0, 0.1) is 0 Å². The third kappa shape index (κ3) is 10.7. The lowest BCUT2D eigenvalue weighted by atomic mass is 9.94. The summed E-state index contributed by atoms with van der Waals surface area (Å²) in [5.41, 5.74) is 2.31. The van der Waals surface area contributed by atoms with Gasteiger partial charge in [-0.3, -0.25) is 9.59 Å². The van der Waals surface area contributed by atoms with Crippen molar-refractivity contribution < 1.29 is 29.7 Å². The van der Waals surface area contributed by atoms with E-state index in [-0.39, 0.29) is 30.0 Å². The average molecular weight is 459 g/mol. The number of aliphatic hydroxyl groups is 2. The maximum Gasteiger partial charge on any atom is 0.331 e. The standard InChI is InChI=1S/C27H38O6/c1-18(10-7-11-21(26(31)32)14-15-24(29)27(4,5)33)8-6-9-19(2)12-13-22-17-23(28)16-20(3)25(22)30/h8,11-12,16-17,24,29,33H,6-7,9-10,13-15H2,1-5H3,(H,31,32)/b18-8+,19-12+,21-11-. The molecule has 1 unspecified atom stereocenters. The summed E-state index contributed by atoms with van der Waals surface area (Å²) >= 11 is 0. The molecule has 6 heteroatoms. The molecule has 0 aromatic heterocycles. The van der Waals surface area contributed by atoms with E-state index in [1.54, 1.807) is 13.0 Å². The Morgan fingerprint density at radius 3 is 2.15 bits per heavy atom. The van der Waals surface area contributed by atoms with Crippen molar-refractivity contribution >= 4 is 17.5 Å². The number of Topliss-reactive ketones (excluding diaryl/α,β-unsaturated/α-hetero) is 1. The maximum atomic E-state index is 12.1. The van der Waals surface area contributed by atoms with Gasteiger partial charge in [-0.1, -0.05) is 29.4 Å². The first-order valence-corrected chi connectivity index (χ1v) is 11.4. The molecule has 182 valence electrons. The van der Waals surface area contributed by atoms with Crippen LogP contribution in [0.1, 0.15) is 79.6 Å². The molecular weight excluding hydrogens is 420 g/mol. The zero-order chi connectivity index (χ0) is 25.2. The van der Waals surface area contributed by atoms with Crippen molar-refractivity contribution in [3.63, 3.8) is 0 Å². The number of ketones is 2. The number of carbonyl (C=O) groups excluding carboxylic acids is 2. The molecule has 0 aromatic rings. The number of carbonyl (C=O) groups is 3. The van der Waals surface area contributed by atoms with Crippen LogP contribution in [0.15, 0.2) is 58.2 Å². The molecule has 3 N–H and O–H groups in total. The Morgan fingerprint density at radius 1 is 1.00 bits per heavy atom. The summed E-state index contributed by atoms with van der Waals surface area (Å²) in [5, 5.41) is 29.0. The van der Waals surface area contributed by atoms with E-state index >= 15 is 0 Å². The molecule has 0 radical (unpaired) electrons. The Morgan fingerprint density at radius 2 is 1.58 bits per heavy atom. The van der Waals surface area contributed by atoms with Gasteiger partial charge in [-0.25, -0.2) is 4.79 Å². The van der Waals surface area contributed by atoms with Gasteiger partial charge in [0.1, 0.15) is 0 Å². The highest BCUT2D eigenvalue weighted by atomic mass is 16.4. The Kier molecular flexibility index (Phi) is 11.4. The van der Waals surface area contributed by atoms with Crippen molar-refractivity contribution in [1.82, 2.24) is 0 Å². The fourth-order valence-corrected chi connectivity index (χ4v) is 3.41. The summed E-state index contributed by atoms with van der Waals surface area (Å²) < 4.78 is 0. The van der Waals surface area contributed by atoms with Crippen LogP contribution in [-0.4, -0.2) is 44.6 Å². The van der Waals surface area contributed by atoms with Gasteiger partial charge in [0, 0.05) is 16.7 Å². The van der Waals surface area contributed by atoms with E-state index in [4.69, 9.17) is 0 Å². The largest absolute Gasteiger partial charge is 0.478 e. The van der Waals surface area contributed by atoms with Crippen LogP contribution in [0.3, 0.4) is 0 Å². The Hall–Kier alpha value is -2.57. The zero-order valence-corrected chi connectivity index (χ0v) is 20.5. The Balaban J connectivity index is 2.49. The monoisotopic (exact) mass is 458 g/mol. The summed E-state index contributed by atoms with van der Waals surface area (Å²) in [4.78, 5) is 35.1. The second-order valence-electron chi connectivity index (χ2n) is 9.35. The number of hydrogen-bond donors (Lipinski definition) is 3. The molecule has 0 heterocycles. The molecule has 0 amide bonds. The second kappa shape index (κ2) is 13.2. The van der Waals surface area contributed by atoms with Crippen molar-refractivity contribution in [2.45, 2.75) is 91.3 Å². The number of aliphatic carboxylic acids is 1. The highest BCUT2D eigenvalue weighted by Gasteiger charge is 2.25. The molecule has 33 heavy (non-hydrogen) atoms. The first kappa shape index (κ1) is 28.5. The molecule has 1 rings (SSSR count). The van der Waals surface area contributed by atoms with Crippen LogP contribution in [0.4, 0.5) is 0 Å². The van der Waals surface area contributed by atoms with Gasteiger partial charge in [0.25, 0.3) is 0 Å². The highest BCUT2D eigenvalue weighted by molar-refractivity contribution is 6.20. The van der Waals surface area contributed by atoms with Gasteiger partial charge in [-0.2, -0.15) is 0 Å². The molecule has 0 saturated heterocycles. The number of allylic oxidation sites excluding steroid dienone is 9. The van der Waals surface area contributed by atoms with Crippen molar-refractivity contribution in [2.75, 3.05) is 0 Å². The van der Waals surface area contributed by atoms with Crippen molar-refractivity contribution in [1.29, 1.82) is 0 Å². The van der Waals surface area contributed by atoms with Gasteiger partial charge in [-0.05, 0) is 91.7 Å². The van der Waals surface area contributed by atoms with E-state index in [0.717, 1.165) is 30.4 Å². The van der Waals surface area contributed by atoms with Crippen molar-refractivity contribution in [2.24, 2.45) is 0 Å². The predicted octanol–water partition coefficient (Wildman–Crippen LogP) is 4.78. The summed E-state index contributed by atoms with van der Waals surface area (Å²) in [7, 11) is 0. The van der Waals surface area contributed by atoms with E-state index in [0.29, 0.717) is 24.0 Å². The summed E-state index contributed by atoms with van der Waals surface area (Å²) in [6.45, 7) is 8.67. The van der Waals surface area contributed by atoms with E-state index in [1.807, 2.05) is 19.9 Å². The van der Waals surface area contributed by atoms with Crippen LogP contribution in [0.2, 0.25) is 0 Å². The first-order valence-electron chi connectivity index (χ1n) is 11.4. The molecule has 1 aliphatic rings. The first-order chi connectivity index (χ1) is 15.3. The lowest BCUT2D eigenvalue weighted by Crippen LogP contribution is -2.35. The normalized spacial score (nSPS) is 17.1. The number of carboxylic acids is 1. The van der Waals surface area contributed by atoms with E-state index in [9.17, 15) is 29.7 Å². The Labute approximate surface area is 197 Å². The van der Waals surface area contributed by atoms with Crippen LogP contribution in [0.25, 0.3) is 0 Å². The molecule has 1 aliphatic carbocycles. The third-order valence-corrected chi connectivity index (χ3v) is 5.73. The smallest absolute Gasteiger partial charge is 0.331 e. The van der Waals surface area contributed by atoms with Crippen molar-refractivity contribution in [3.05, 3.63) is 58.2 Å². The van der Waals surface area contributed by atoms with E-state index < -0.39 is 17.7 Å². The second-order valence-corrected chi connectivity index (χ2v) is 9.35. The number of hydrogen-bond acceptors (Lipinski definition) is 5. The molecule has 0 aromatic carbocycles.